The molecule has 0 atom stereocenters. The molecule has 1 amide bonds. The van der Waals surface area contributed by atoms with E-state index in [2.05, 4.69) is 15.7 Å². The van der Waals surface area contributed by atoms with E-state index >= 15 is 0 Å². The van der Waals surface area contributed by atoms with Gasteiger partial charge >= 0.3 is 0 Å². The van der Waals surface area contributed by atoms with Gasteiger partial charge in [-0.3, -0.25) is 15.2 Å². The molecule has 1 aliphatic carbocycles. The fourth-order valence-electron chi connectivity index (χ4n) is 0.832. The number of rotatable bonds is 4. The first-order valence-electron chi connectivity index (χ1n) is 4.28. The summed E-state index contributed by atoms with van der Waals surface area (Å²) in [6, 6.07) is 0.489. The van der Waals surface area contributed by atoms with Gasteiger partial charge in [0, 0.05) is 12.5 Å². The zero-order valence-electron chi connectivity index (χ0n) is 7.42. The Bertz CT molecular complexity index is 211. The van der Waals surface area contributed by atoms with E-state index in [1.165, 1.54) is 0 Å². The van der Waals surface area contributed by atoms with E-state index in [4.69, 9.17) is 11.6 Å². The second kappa shape index (κ2) is 4.66. The Labute approximate surface area is 76.7 Å². The molecule has 0 aliphatic heterocycles. The van der Waals surface area contributed by atoms with Crippen molar-refractivity contribution in [2.24, 2.45) is 16.6 Å². The first-order chi connectivity index (χ1) is 6.22. The van der Waals surface area contributed by atoms with E-state index in [0.717, 1.165) is 12.8 Å². The summed E-state index contributed by atoms with van der Waals surface area (Å²) in [6.45, 7) is 0.370. The van der Waals surface area contributed by atoms with Gasteiger partial charge in [0.1, 0.15) is 0 Å². The van der Waals surface area contributed by atoms with Crippen molar-refractivity contribution in [2.75, 3.05) is 6.54 Å². The Morgan fingerprint density at radius 3 is 2.69 bits per heavy atom. The molecule has 0 bridgehead atoms. The van der Waals surface area contributed by atoms with Crippen LogP contribution in [0.5, 0.6) is 0 Å². The number of primary amides is 1. The smallest absolute Gasteiger partial charge is 0.219 e. The average molecular weight is 185 g/mol. The molecule has 0 aromatic heterocycles. The monoisotopic (exact) mass is 185 g/mol. The highest BCUT2D eigenvalue weighted by Crippen LogP contribution is 2.18. The highest BCUT2D eigenvalue weighted by molar-refractivity contribution is 5.80. The van der Waals surface area contributed by atoms with Crippen molar-refractivity contribution in [3.8, 4) is 0 Å². The number of hydrogen-bond donors (Lipinski definition) is 4. The third kappa shape index (κ3) is 4.32. The maximum atomic E-state index is 10.4. The molecular formula is C7H15N5O. The Kier molecular flexibility index (Phi) is 3.51. The van der Waals surface area contributed by atoms with E-state index in [1.54, 1.807) is 0 Å². The largest absolute Gasteiger partial charge is 0.370 e. The van der Waals surface area contributed by atoms with Crippen molar-refractivity contribution in [3.05, 3.63) is 0 Å². The number of hydrogen-bond acceptors (Lipinski definition) is 3. The highest BCUT2D eigenvalue weighted by atomic mass is 16.1. The Balaban J connectivity index is 2.22. The summed E-state index contributed by atoms with van der Waals surface area (Å²) < 4.78 is 0. The third-order valence-corrected chi connectivity index (χ3v) is 1.68. The molecule has 6 nitrogen and oxygen atoms in total. The normalized spacial score (nSPS) is 16.8. The van der Waals surface area contributed by atoms with Gasteiger partial charge in [0.15, 0.2) is 0 Å². The number of guanidine groups is 1. The fraction of sp³-hybridized carbons (Fsp3) is 0.714. The van der Waals surface area contributed by atoms with Crippen LogP contribution in [0.4, 0.5) is 0 Å². The lowest BCUT2D eigenvalue weighted by molar-refractivity contribution is -0.117. The number of hydrazine groups is 1. The minimum atomic E-state index is -0.355. The number of carbonyl (C=O) groups is 1. The van der Waals surface area contributed by atoms with E-state index in [-0.39, 0.29) is 12.3 Å². The average Bonchev–Trinajstić information content (AvgIpc) is 2.86. The van der Waals surface area contributed by atoms with Crippen molar-refractivity contribution in [3.63, 3.8) is 0 Å². The zero-order valence-corrected chi connectivity index (χ0v) is 7.42. The van der Waals surface area contributed by atoms with Crippen LogP contribution in [0.25, 0.3) is 0 Å². The molecule has 0 aromatic rings. The number of amides is 1. The molecule has 0 saturated heterocycles. The number of nitrogens with two attached hydrogens (primary N) is 2. The van der Waals surface area contributed by atoms with Crippen LogP contribution in [0.15, 0.2) is 4.99 Å². The molecule has 74 valence electrons. The third-order valence-electron chi connectivity index (χ3n) is 1.68. The predicted octanol–water partition coefficient (Wildman–Crippen LogP) is -1.57. The van der Waals surface area contributed by atoms with Crippen LogP contribution in [0.3, 0.4) is 0 Å². The Morgan fingerprint density at radius 2 is 2.23 bits per heavy atom. The molecule has 1 saturated carbocycles. The van der Waals surface area contributed by atoms with E-state index in [9.17, 15) is 4.79 Å². The van der Waals surface area contributed by atoms with Crippen LogP contribution < -0.4 is 22.3 Å². The standard InChI is InChI=1S/C7H15N5O/c8-6(13)3-4-10-7(12-9)11-5-1-2-5/h5H,1-4,9H2,(H2,8,13)(H2,10,11,12). The zero-order chi connectivity index (χ0) is 9.68. The van der Waals surface area contributed by atoms with Gasteiger partial charge in [-0.05, 0) is 12.8 Å². The number of nitrogens with zero attached hydrogens (tertiary/aromatic N) is 1. The molecule has 6 N–H and O–H groups in total. The van der Waals surface area contributed by atoms with Gasteiger partial charge in [-0.1, -0.05) is 0 Å². The molecule has 6 heteroatoms. The van der Waals surface area contributed by atoms with Crippen molar-refractivity contribution in [1.82, 2.24) is 10.7 Å². The predicted molar refractivity (Wildman–Crippen MR) is 49.6 cm³/mol. The molecule has 0 unspecified atom stereocenters. The van der Waals surface area contributed by atoms with Crippen LogP contribution in [-0.2, 0) is 4.79 Å². The maximum Gasteiger partial charge on any atom is 0.219 e. The van der Waals surface area contributed by atoms with Crippen molar-refractivity contribution in [1.29, 1.82) is 0 Å². The van der Waals surface area contributed by atoms with Gasteiger partial charge in [-0.2, -0.15) is 0 Å². The summed E-state index contributed by atoms with van der Waals surface area (Å²) >= 11 is 0. The number of nitrogens with one attached hydrogen (secondary N) is 2. The second-order valence-corrected chi connectivity index (χ2v) is 3.01. The van der Waals surface area contributed by atoms with Gasteiger partial charge in [-0.15, -0.1) is 0 Å². The summed E-state index contributed by atoms with van der Waals surface area (Å²) in [7, 11) is 0. The van der Waals surface area contributed by atoms with E-state index in [1.807, 2.05) is 0 Å². The van der Waals surface area contributed by atoms with Crippen molar-refractivity contribution in [2.45, 2.75) is 25.3 Å². The Morgan fingerprint density at radius 1 is 1.54 bits per heavy atom. The van der Waals surface area contributed by atoms with Crippen LogP contribution in [0.1, 0.15) is 19.3 Å². The second-order valence-electron chi connectivity index (χ2n) is 3.01. The SMILES string of the molecule is NNC(=NCCC(N)=O)NC1CC1. The molecule has 0 aromatic carbocycles. The van der Waals surface area contributed by atoms with E-state index in [0.29, 0.717) is 18.5 Å². The highest BCUT2D eigenvalue weighted by Gasteiger charge is 2.21. The van der Waals surface area contributed by atoms with Crippen LogP contribution in [0, 0.1) is 0 Å². The first kappa shape index (κ1) is 9.79. The lowest BCUT2D eigenvalue weighted by Gasteiger charge is -2.06. The molecule has 0 radical (unpaired) electrons. The molecule has 1 fully saturated rings. The van der Waals surface area contributed by atoms with Gasteiger partial charge in [-0.25, -0.2) is 5.84 Å². The summed E-state index contributed by atoms with van der Waals surface area (Å²) in [5, 5.41) is 3.08. The molecule has 1 aliphatic rings. The van der Waals surface area contributed by atoms with Gasteiger partial charge < -0.3 is 11.1 Å². The van der Waals surface area contributed by atoms with Crippen LogP contribution >= 0.6 is 0 Å². The topological polar surface area (TPSA) is 106 Å². The lowest BCUT2D eigenvalue weighted by atomic mass is 10.4. The van der Waals surface area contributed by atoms with Gasteiger partial charge in [0.25, 0.3) is 0 Å². The van der Waals surface area contributed by atoms with Crippen LogP contribution in [-0.4, -0.2) is 24.5 Å². The van der Waals surface area contributed by atoms with Gasteiger partial charge in [0.2, 0.25) is 11.9 Å². The molecule has 0 spiro atoms. The summed E-state index contributed by atoms with van der Waals surface area (Å²) in [6.07, 6.45) is 2.55. The van der Waals surface area contributed by atoms with Crippen LogP contribution in [0.2, 0.25) is 0 Å². The summed E-state index contributed by atoms with van der Waals surface area (Å²) in [4.78, 5) is 14.4. The molecule has 13 heavy (non-hydrogen) atoms. The van der Waals surface area contributed by atoms with Crippen molar-refractivity contribution < 1.29 is 4.79 Å². The van der Waals surface area contributed by atoms with E-state index < -0.39 is 0 Å². The van der Waals surface area contributed by atoms with Crippen molar-refractivity contribution >= 4 is 11.9 Å². The summed E-state index contributed by atoms with van der Waals surface area (Å²) in [5.41, 5.74) is 7.39. The summed E-state index contributed by atoms with van der Waals surface area (Å²) in [5.74, 6) is 5.38. The number of carbonyl (C=O) groups excluding carboxylic acids is 1. The number of aliphatic imine (C=N–C) groups is 1. The molecule has 0 heterocycles. The van der Waals surface area contributed by atoms with Gasteiger partial charge in [0.05, 0.1) is 6.54 Å². The minimum Gasteiger partial charge on any atom is -0.370 e. The maximum absolute atomic E-state index is 10.4. The molecule has 1 rings (SSSR count). The fourth-order valence-corrected chi connectivity index (χ4v) is 0.832. The first-order valence-corrected chi connectivity index (χ1v) is 4.28. The quantitative estimate of drug-likeness (QED) is 0.184. The Hall–Kier alpha value is -1.30. The lowest BCUT2D eigenvalue weighted by Crippen LogP contribution is -2.42. The molecular weight excluding hydrogens is 170 g/mol. The minimum absolute atomic E-state index is 0.248.